The number of benzene rings is 2. The largest absolute Gasteiger partial charge is 0.496 e. The monoisotopic (exact) mass is 402 g/mol. The van der Waals surface area contributed by atoms with Crippen molar-refractivity contribution in [2.75, 3.05) is 33.4 Å². The highest BCUT2D eigenvalue weighted by atomic mass is 35.5. The van der Waals surface area contributed by atoms with Gasteiger partial charge >= 0.3 is 0 Å². The summed E-state index contributed by atoms with van der Waals surface area (Å²) < 4.78 is 17.6. The molecule has 1 saturated heterocycles. The van der Waals surface area contributed by atoms with Crippen molar-refractivity contribution in [1.29, 1.82) is 0 Å². The molecule has 0 bridgehead atoms. The van der Waals surface area contributed by atoms with E-state index in [9.17, 15) is 0 Å². The Hall–Kier alpha value is -1.95. The van der Waals surface area contributed by atoms with Crippen LogP contribution in [-0.2, 0) is 0 Å². The maximum Gasteiger partial charge on any atom is 0.163 e. The number of piperidine rings is 1. The summed E-state index contributed by atoms with van der Waals surface area (Å²) >= 11 is 6.10. The van der Waals surface area contributed by atoms with Gasteiger partial charge in [0.1, 0.15) is 18.5 Å². The molecular formula is C22H27ClN2O3. The van der Waals surface area contributed by atoms with Gasteiger partial charge in [0.2, 0.25) is 0 Å². The van der Waals surface area contributed by atoms with Crippen molar-refractivity contribution in [3.63, 3.8) is 0 Å². The Labute approximate surface area is 171 Å². The number of halogens is 1. The Balaban J connectivity index is 1.48. The van der Waals surface area contributed by atoms with E-state index in [1.165, 1.54) is 5.56 Å². The van der Waals surface area contributed by atoms with Crippen LogP contribution in [0.15, 0.2) is 42.5 Å². The van der Waals surface area contributed by atoms with Gasteiger partial charge < -0.3 is 24.8 Å². The van der Waals surface area contributed by atoms with Crippen LogP contribution in [0.3, 0.4) is 0 Å². The topological polar surface area (TPSA) is 51.8 Å². The Kier molecular flexibility index (Phi) is 6.25. The van der Waals surface area contributed by atoms with Crippen LogP contribution in [0.5, 0.6) is 17.2 Å². The molecule has 1 fully saturated rings. The SMILES string of the molecule is COc1ccccc1C(NCC1COc2ccc(Cl)cc2O1)C1CCNCC1. The van der Waals surface area contributed by atoms with Gasteiger partial charge in [-0.1, -0.05) is 29.8 Å². The minimum absolute atomic E-state index is 0.0649. The first-order valence-electron chi connectivity index (χ1n) is 9.90. The Morgan fingerprint density at radius 2 is 2.00 bits per heavy atom. The van der Waals surface area contributed by atoms with Crippen LogP contribution < -0.4 is 24.8 Å². The fourth-order valence-electron chi connectivity index (χ4n) is 4.08. The molecule has 0 radical (unpaired) electrons. The lowest BCUT2D eigenvalue weighted by molar-refractivity contribution is 0.0849. The molecule has 2 aliphatic heterocycles. The van der Waals surface area contributed by atoms with Gasteiger partial charge in [-0.05, 0) is 50.0 Å². The Morgan fingerprint density at radius 1 is 1.18 bits per heavy atom. The van der Waals surface area contributed by atoms with Crippen molar-refractivity contribution in [3.8, 4) is 17.2 Å². The first-order valence-corrected chi connectivity index (χ1v) is 10.3. The quantitative estimate of drug-likeness (QED) is 0.769. The van der Waals surface area contributed by atoms with Crippen molar-refractivity contribution in [2.24, 2.45) is 5.92 Å². The molecule has 2 N–H and O–H groups in total. The average Bonchev–Trinajstić information content (AvgIpc) is 2.74. The average molecular weight is 403 g/mol. The number of nitrogens with one attached hydrogen (secondary N) is 2. The standard InChI is InChI=1S/C22H27ClN2O3/c1-26-19-5-3-2-4-18(19)22(15-8-10-24-11-9-15)25-13-17-14-27-20-7-6-16(23)12-21(20)28-17/h2-7,12,15,17,22,24-25H,8-11,13-14H2,1H3. The Morgan fingerprint density at radius 3 is 2.82 bits per heavy atom. The normalized spacial score (nSPS) is 20.6. The molecule has 5 nitrogen and oxygen atoms in total. The van der Waals surface area contributed by atoms with E-state index in [0.717, 1.165) is 37.4 Å². The highest BCUT2D eigenvalue weighted by molar-refractivity contribution is 6.30. The molecule has 4 rings (SSSR count). The summed E-state index contributed by atoms with van der Waals surface area (Å²) in [7, 11) is 1.73. The van der Waals surface area contributed by atoms with E-state index in [-0.39, 0.29) is 12.1 Å². The molecule has 0 aromatic heterocycles. The van der Waals surface area contributed by atoms with E-state index in [1.807, 2.05) is 30.3 Å². The van der Waals surface area contributed by atoms with E-state index in [0.29, 0.717) is 29.8 Å². The summed E-state index contributed by atoms with van der Waals surface area (Å²) in [5, 5.41) is 7.86. The highest BCUT2D eigenvalue weighted by Gasteiger charge is 2.29. The third kappa shape index (κ3) is 4.37. The predicted octanol–water partition coefficient (Wildman–Crippen LogP) is 3.82. The second-order valence-electron chi connectivity index (χ2n) is 7.36. The van der Waals surface area contributed by atoms with E-state index in [2.05, 4.69) is 22.8 Å². The van der Waals surface area contributed by atoms with Gasteiger partial charge in [0.25, 0.3) is 0 Å². The van der Waals surface area contributed by atoms with E-state index in [4.69, 9.17) is 25.8 Å². The van der Waals surface area contributed by atoms with Crippen molar-refractivity contribution >= 4 is 11.6 Å². The maximum absolute atomic E-state index is 6.13. The molecule has 28 heavy (non-hydrogen) atoms. The van der Waals surface area contributed by atoms with Gasteiger partial charge in [-0.3, -0.25) is 0 Å². The summed E-state index contributed by atoms with van der Waals surface area (Å²) in [6.45, 7) is 3.31. The molecule has 0 spiro atoms. The van der Waals surface area contributed by atoms with Gasteiger partial charge in [0.05, 0.1) is 7.11 Å². The number of hydrogen-bond donors (Lipinski definition) is 2. The van der Waals surface area contributed by atoms with Crippen LogP contribution in [-0.4, -0.2) is 39.5 Å². The lowest BCUT2D eigenvalue weighted by Crippen LogP contribution is -2.43. The molecule has 2 aromatic carbocycles. The second-order valence-corrected chi connectivity index (χ2v) is 7.79. The molecule has 2 aromatic rings. The second kappa shape index (κ2) is 9.03. The molecule has 2 heterocycles. The minimum atomic E-state index is -0.0649. The molecular weight excluding hydrogens is 376 g/mol. The number of rotatable bonds is 6. The van der Waals surface area contributed by atoms with Crippen molar-refractivity contribution in [3.05, 3.63) is 53.1 Å². The third-order valence-electron chi connectivity index (χ3n) is 5.52. The summed E-state index contributed by atoms with van der Waals surface area (Å²) in [5.74, 6) is 2.93. The first-order chi connectivity index (χ1) is 13.7. The lowest BCUT2D eigenvalue weighted by atomic mass is 9.85. The zero-order chi connectivity index (χ0) is 19.3. The zero-order valence-electron chi connectivity index (χ0n) is 16.1. The fourth-order valence-corrected chi connectivity index (χ4v) is 4.24. The molecule has 0 aliphatic carbocycles. The molecule has 6 heteroatoms. The predicted molar refractivity (Wildman–Crippen MR) is 111 cm³/mol. The smallest absolute Gasteiger partial charge is 0.163 e. The molecule has 2 aliphatic rings. The summed E-state index contributed by atoms with van der Waals surface area (Å²) in [6.07, 6.45) is 2.21. The van der Waals surface area contributed by atoms with E-state index in [1.54, 1.807) is 7.11 Å². The maximum atomic E-state index is 6.13. The first kappa shape index (κ1) is 19.4. The zero-order valence-corrected chi connectivity index (χ0v) is 16.9. The molecule has 2 unspecified atom stereocenters. The minimum Gasteiger partial charge on any atom is -0.496 e. The summed E-state index contributed by atoms with van der Waals surface area (Å²) in [5.41, 5.74) is 1.21. The van der Waals surface area contributed by atoms with Gasteiger partial charge in [-0.2, -0.15) is 0 Å². The number of fused-ring (bicyclic) bond motifs is 1. The molecule has 2 atom stereocenters. The Bertz CT molecular complexity index is 795. The van der Waals surface area contributed by atoms with Crippen LogP contribution in [0.25, 0.3) is 0 Å². The number of methoxy groups -OCH3 is 1. The number of para-hydroxylation sites is 1. The molecule has 0 amide bonds. The van der Waals surface area contributed by atoms with Gasteiger partial charge in [-0.15, -0.1) is 0 Å². The molecule has 150 valence electrons. The summed E-state index contributed by atoms with van der Waals surface area (Å²) in [6, 6.07) is 14.0. The van der Waals surface area contributed by atoms with E-state index < -0.39 is 0 Å². The summed E-state index contributed by atoms with van der Waals surface area (Å²) in [4.78, 5) is 0. The van der Waals surface area contributed by atoms with Gasteiger partial charge in [0.15, 0.2) is 11.5 Å². The van der Waals surface area contributed by atoms with Crippen LogP contribution in [0.2, 0.25) is 5.02 Å². The lowest BCUT2D eigenvalue weighted by Gasteiger charge is -2.34. The van der Waals surface area contributed by atoms with Crippen LogP contribution >= 0.6 is 11.6 Å². The molecule has 0 saturated carbocycles. The van der Waals surface area contributed by atoms with Crippen molar-refractivity contribution in [1.82, 2.24) is 10.6 Å². The van der Waals surface area contributed by atoms with Crippen molar-refractivity contribution < 1.29 is 14.2 Å². The van der Waals surface area contributed by atoms with E-state index >= 15 is 0 Å². The van der Waals surface area contributed by atoms with Crippen LogP contribution in [0, 0.1) is 5.92 Å². The van der Waals surface area contributed by atoms with Crippen LogP contribution in [0.4, 0.5) is 0 Å². The third-order valence-corrected chi connectivity index (χ3v) is 5.75. The highest BCUT2D eigenvalue weighted by Crippen LogP contribution is 2.36. The fraction of sp³-hybridized carbons (Fsp3) is 0.455. The van der Waals surface area contributed by atoms with Gasteiger partial charge in [-0.25, -0.2) is 0 Å². The van der Waals surface area contributed by atoms with Crippen molar-refractivity contribution in [2.45, 2.75) is 25.0 Å². The van der Waals surface area contributed by atoms with Crippen LogP contribution in [0.1, 0.15) is 24.4 Å². The number of ether oxygens (including phenoxy) is 3. The number of hydrogen-bond acceptors (Lipinski definition) is 5. The van der Waals surface area contributed by atoms with Gasteiger partial charge in [0, 0.05) is 29.2 Å².